The van der Waals surface area contributed by atoms with Gasteiger partial charge in [0.15, 0.2) is 0 Å². The third kappa shape index (κ3) is 11.4. The summed E-state index contributed by atoms with van der Waals surface area (Å²) in [6, 6.07) is 52.8. The van der Waals surface area contributed by atoms with Gasteiger partial charge in [-0.15, -0.1) is 0 Å². The molecule has 0 amide bonds. The van der Waals surface area contributed by atoms with Gasteiger partial charge in [0.1, 0.15) is 23.9 Å². The van der Waals surface area contributed by atoms with Gasteiger partial charge in [0.05, 0.1) is 24.3 Å². The molecule has 6 aromatic carbocycles. The largest absolute Gasteiger partial charge is 0.497 e. The number of ether oxygens (including phenoxy) is 3. The van der Waals surface area contributed by atoms with Crippen molar-refractivity contribution in [3.63, 3.8) is 0 Å². The van der Waals surface area contributed by atoms with Crippen molar-refractivity contribution in [2.45, 2.75) is 20.3 Å². The number of nitrogens with zero attached hydrogens (tertiary/aromatic N) is 1. The summed E-state index contributed by atoms with van der Waals surface area (Å²) in [6.07, 6.45) is 1.01. The van der Waals surface area contributed by atoms with Crippen LogP contribution in [0, 0.1) is 0 Å². The molecule has 0 saturated carbocycles. The number of hydrogen-bond acceptors (Lipinski definition) is 4. The van der Waals surface area contributed by atoms with Gasteiger partial charge in [0, 0.05) is 17.7 Å². The van der Waals surface area contributed by atoms with Crippen LogP contribution in [0.1, 0.15) is 52.8 Å². The smallest absolute Gasteiger partial charge is 0.119 e. The zero-order chi connectivity index (χ0) is 39.0. The van der Waals surface area contributed by atoms with Gasteiger partial charge in [-0.1, -0.05) is 146 Å². The van der Waals surface area contributed by atoms with Gasteiger partial charge in [0.2, 0.25) is 0 Å². The molecule has 4 nitrogen and oxygen atoms in total. The molecule has 0 radical (unpaired) electrons. The highest BCUT2D eigenvalue weighted by molar-refractivity contribution is 6.53. The van der Waals surface area contributed by atoms with E-state index in [1.807, 2.05) is 109 Å². The summed E-state index contributed by atoms with van der Waals surface area (Å²) in [5, 5.41) is 1.44. The van der Waals surface area contributed by atoms with Crippen LogP contribution in [0.4, 0.5) is 0 Å². The molecule has 0 heterocycles. The lowest BCUT2D eigenvalue weighted by Gasteiger charge is -2.15. The second-order valence-corrected chi connectivity index (χ2v) is 13.6. The molecule has 0 aliphatic heterocycles. The van der Waals surface area contributed by atoms with Crippen molar-refractivity contribution in [2.75, 3.05) is 41.0 Å². The van der Waals surface area contributed by atoms with E-state index in [9.17, 15) is 0 Å². The number of benzene rings is 6. The quantitative estimate of drug-likeness (QED) is 0.103. The molecule has 0 aliphatic rings. The van der Waals surface area contributed by atoms with E-state index in [1.165, 1.54) is 5.56 Å². The highest BCUT2D eigenvalue weighted by atomic mass is 35.5. The zero-order valence-corrected chi connectivity index (χ0v) is 33.8. The van der Waals surface area contributed by atoms with E-state index in [0.717, 1.165) is 86.3 Å². The molecule has 55 heavy (non-hydrogen) atoms. The van der Waals surface area contributed by atoms with Crippen molar-refractivity contribution < 1.29 is 14.2 Å². The third-order valence-corrected chi connectivity index (χ3v) is 10.1. The second kappa shape index (κ2) is 21.0. The van der Waals surface area contributed by atoms with Crippen LogP contribution in [-0.4, -0.2) is 45.9 Å². The summed E-state index contributed by atoms with van der Waals surface area (Å²) in [5.74, 6) is 2.50. The number of methoxy groups -OCH3 is 2. The maximum absolute atomic E-state index is 6.89. The summed E-state index contributed by atoms with van der Waals surface area (Å²) in [6.45, 7) is 6.90. The maximum atomic E-state index is 6.89. The van der Waals surface area contributed by atoms with Crippen LogP contribution >= 0.6 is 23.2 Å². The molecule has 0 spiro atoms. The molecule has 0 saturated heterocycles. The molecule has 0 fully saturated rings. The van der Waals surface area contributed by atoms with Crippen LogP contribution in [0.15, 0.2) is 158 Å². The number of rotatable bonds is 14. The molecular weight excluding hydrogens is 721 g/mol. The minimum atomic E-state index is 0.676. The topological polar surface area (TPSA) is 30.9 Å². The first-order valence-electron chi connectivity index (χ1n) is 18.5. The fourth-order valence-corrected chi connectivity index (χ4v) is 6.60. The molecule has 0 aliphatic carbocycles. The lowest BCUT2D eigenvalue weighted by atomic mass is 9.94. The number of likely N-dealkylation sites (N-methyl/N-ethyl adjacent to an activating group) is 1. The Hall–Kier alpha value is -5.26. The molecular formula is C49H49Cl2NO3. The Kier molecular flexibility index (Phi) is 15.6. The van der Waals surface area contributed by atoms with E-state index in [2.05, 4.69) is 74.3 Å². The van der Waals surface area contributed by atoms with Crippen LogP contribution < -0.4 is 14.2 Å². The van der Waals surface area contributed by atoms with Crippen LogP contribution in [-0.2, 0) is 6.42 Å². The lowest BCUT2D eigenvalue weighted by molar-refractivity contribution is 0.244. The Morgan fingerprint density at radius 3 is 1.25 bits per heavy atom. The van der Waals surface area contributed by atoms with E-state index >= 15 is 0 Å². The number of aryl methyl sites for hydroxylation is 1. The van der Waals surface area contributed by atoms with Crippen LogP contribution in [0.25, 0.3) is 21.2 Å². The molecule has 6 heteroatoms. The SMILES string of the molecule is CCN(C)CCOc1ccc(/C(=C(/Cl)c2ccccc2)c2ccccc2)cc1.CCc1ccc(/C(=C(\Cl)c2ccc(OC)cc2)c2ccc(OC)cc2)cc1. The van der Waals surface area contributed by atoms with E-state index in [0.29, 0.717) is 11.6 Å². The summed E-state index contributed by atoms with van der Waals surface area (Å²) in [5.41, 5.74) is 9.55. The third-order valence-electron chi connectivity index (χ3n) is 9.33. The highest BCUT2D eigenvalue weighted by Gasteiger charge is 2.14. The van der Waals surface area contributed by atoms with E-state index < -0.39 is 0 Å². The molecule has 6 aromatic rings. The molecule has 0 aromatic heterocycles. The molecule has 0 atom stereocenters. The molecule has 0 N–H and O–H groups in total. The first-order chi connectivity index (χ1) is 26.8. The number of hydrogen-bond donors (Lipinski definition) is 0. The van der Waals surface area contributed by atoms with Gasteiger partial charge < -0.3 is 19.1 Å². The van der Waals surface area contributed by atoms with Gasteiger partial charge in [-0.3, -0.25) is 0 Å². The fraction of sp³-hybridized carbons (Fsp3) is 0.184. The van der Waals surface area contributed by atoms with E-state index in [-0.39, 0.29) is 0 Å². The van der Waals surface area contributed by atoms with E-state index in [4.69, 9.17) is 37.4 Å². The Balaban J connectivity index is 0.000000211. The van der Waals surface area contributed by atoms with Gasteiger partial charge >= 0.3 is 0 Å². The monoisotopic (exact) mass is 769 g/mol. The van der Waals surface area contributed by atoms with Crippen molar-refractivity contribution in [3.05, 3.63) is 197 Å². The molecule has 282 valence electrons. The minimum Gasteiger partial charge on any atom is -0.497 e. The lowest BCUT2D eigenvalue weighted by Crippen LogP contribution is -2.23. The average Bonchev–Trinajstić information content (AvgIpc) is 3.25. The Bertz CT molecular complexity index is 2060. The first kappa shape index (κ1) is 40.9. The standard InChI is InChI=1S/C25H26ClNO.C24H23ClO2/c1-3-27(2)18-19-28-23-16-14-21(15-17-23)24(20-10-6-4-7-11-20)25(26)22-12-8-5-9-13-22;1-4-17-5-7-18(8-6-17)23(19-9-13-21(26-2)14-10-19)24(25)20-11-15-22(27-3)16-12-20/h4-17H,3,18-19H2,1-2H3;5-16H,4H2,1-3H3/b25-24+;24-23+. The predicted molar refractivity (Wildman–Crippen MR) is 233 cm³/mol. The summed E-state index contributed by atoms with van der Waals surface area (Å²) < 4.78 is 16.4. The van der Waals surface area contributed by atoms with Crippen molar-refractivity contribution >= 4 is 44.4 Å². The van der Waals surface area contributed by atoms with Gasteiger partial charge in [-0.05, 0) is 107 Å². The van der Waals surface area contributed by atoms with Gasteiger partial charge in [-0.25, -0.2) is 0 Å². The van der Waals surface area contributed by atoms with Crippen molar-refractivity contribution in [2.24, 2.45) is 0 Å². The summed E-state index contributed by atoms with van der Waals surface area (Å²) in [4.78, 5) is 2.23. The number of halogens is 2. The van der Waals surface area contributed by atoms with Crippen LogP contribution in [0.5, 0.6) is 17.2 Å². The molecule has 0 bridgehead atoms. The van der Waals surface area contributed by atoms with Crippen molar-refractivity contribution in [3.8, 4) is 17.2 Å². The second-order valence-electron chi connectivity index (χ2n) is 12.9. The van der Waals surface area contributed by atoms with Crippen molar-refractivity contribution in [1.29, 1.82) is 0 Å². The minimum absolute atomic E-state index is 0.676. The normalized spacial score (nSPS) is 11.9. The van der Waals surface area contributed by atoms with Crippen molar-refractivity contribution in [1.82, 2.24) is 4.90 Å². The van der Waals surface area contributed by atoms with E-state index in [1.54, 1.807) is 14.2 Å². The Morgan fingerprint density at radius 2 is 0.836 bits per heavy atom. The van der Waals surface area contributed by atoms with Gasteiger partial charge in [0.25, 0.3) is 0 Å². The molecule has 0 unspecified atom stereocenters. The van der Waals surface area contributed by atoms with Crippen LogP contribution in [0.3, 0.4) is 0 Å². The Morgan fingerprint density at radius 1 is 0.473 bits per heavy atom. The predicted octanol–water partition coefficient (Wildman–Crippen LogP) is 12.6. The molecule has 6 rings (SSSR count). The average molecular weight is 771 g/mol. The van der Waals surface area contributed by atoms with Gasteiger partial charge in [-0.2, -0.15) is 0 Å². The van der Waals surface area contributed by atoms with Crippen LogP contribution in [0.2, 0.25) is 0 Å². The highest BCUT2D eigenvalue weighted by Crippen LogP contribution is 2.37. The summed E-state index contributed by atoms with van der Waals surface area (Å²) in [7, 11) is 5.42. The first-order valence-corrected chi connectivity index (χ1v) is 19.3. The maximum Gasteiger partial charge on any atom is 0.119 e. The Labute approximate surface area is 337 Å². The zero-order valence-electron chi connectivity index (χ0n) is 32.3. The fourth-order valence-electron chi connectivity index (χ4n) is 5.92. The summed E-state index contributed by atoms with van der Waals surface area (Å²) >= 11 is 13.8.